The zero-order chi connectivity index (χ0) is 33.1. The lowest BCUT2D eigenvalue weighted by Gasteiger charge is -2.12. The van der Waals surface area contributed by atoms with Crippen LogP contribution in [0.25, 0.3) is 10.8 Å². The van der Waals surface area contributed by atoms with Gasteiger partial charge >= 0.3 is 0 Å². The third kappa shape index (κ3) is 18.8. The maximum atomic E-state index is 12.2. The summed E-state index contributed by atoms with van der Waals surface area (Å²) in [6, 6.07) is 9.83. The second-order valence-corrected chi connectivity index (χ2v) is 15.7. The van der Waals surface area contributed by atoms with Gasteiger partial charge in [-0.25, -0.2) is 0 Å². The summed E-state index contributed by atoms with van der Waals surface area (Å²) in [5.74, 6) is 0. The van der Waals surface area contributed by atoms with E-state index in [1.54, 1.807) is 6.07 Å². The van der Waals surface area contributed by atoms with Crippen molar-refractivity contribution < 1.29 is 13.0 Å². The lowest BCUT2D eigenvalue weighted by Crippen LogP contribution is -2.01. The molecule has 0 atom stereocenters. The van der Waals surface area contributed by atoms with E-state index < -0.39 is 10.1 Å². The van der Waals surface area contributed by atoms with Crippen LogP contribution in [0.2, 0.25) is 0 Å². The van der Waals surface area contributed by atoms with Gasteiger partial charge in [0, 0.05) is 5.39 Å². The van der Waals surface area contributed by atoms with Gasteiger partial charge in [-0.1, -0.05) is 199 Å². The molecule has 0 heterocycles. The average molecular weight is 657 g/mol. The van der Waals surface area contributed by atoms with Crippen LogP contribution in [0.15, 0.2) is 35.2 Å². The Balaban J connectivity index is 1.66. The summed E-state index contributed by atoms with van der Waals surface area (Å²) >= 11 is 0. The van der Waals surface area contributed by atoms with E-state index in [9.17, 15) is 13.0 Å². The van der Waals surface area contributed by atoms with Crippen molar-refractivity contribution in [1.82, 2.24) is 0 Å². The molecule has 0 spiro atoms. The van der Waals surface area contributed by atoms with Crippen LogP contribution >= 0.6 is 0 Å². The van der Waals surface area contributed by atoms with Gasteiger partial charge in [-0.2, -0.15) is 8.42 Å². The van der Waals surface area contributed by atoms with Crippen LogP contribution in [0.5, 0.6) is 0 Å². The first kappa shape index (κ1) is 40.8. The van der Waals surface area contributed by atoms with Crippen LogP contribution in [0.4, 0.5) is 0 Å². The standard InChI is InChI=1S/C42H72O3S/c1-3-5-7-9-11-13-15-17-19-21-23-25-27-29-31-38-33-35-40-39(34-36-42(41(40)37-38)46(43,44)45)32-30-28-26-24-22-20-18-16-14-12-10-8-6-4-2/h33-37H,3-32H2,1-2H3,(H,43,44,45). The van der Waals surface area contributed by atoms with Gasteiger partial charge < -0.3 is 0 Å². The Labute approximate surface area is 285 Å². The molecule has 0 unspecified atom stereocenters. The molecule has 0 saturated carbocycles. The van der Waals surface area contributed by atoms with E-state index in [0.717, 1.165) is 31.1 Å². The van der Waals surface area contributed by atoms with Crippen molar-refractivity contribution in [3.63, 3.8) is 0 Å². The predicted molar refractivity (Wildman–Crippen MR) is 202 cm³/mol. The average Bonchev–Trinajstić information content (AvgIpc) is 3.04. The highest BCUT2D eigenvalue weighted by atomic mass is 32.2. The molecule has 2 aromatic rings. The van der Waals surface area contributed by atoms with Crippen LogP contribution in [-0.4, -0.2) is 13.0 Å². The van der Waals surface area contributed by atoms with E-state index in [0.29, 0.717) is 5.39 Å². The zero-order valence-electron chi connectivity index (χ0n) is 30.3. The monoisotopic (exact) mass is 657 g/mol. The molecule has 3 nitrogen and oxygen atoms in total. The summed E-state index contributed by atoms with van der Waals surface area (Å²) in [5.41, 5.74) is 2.37. The van der Waals surface area contributed by atoms with E-state index in [-0.39, 0.29) is 4.90 Å². The van der Waals surface area contributed by atoms with Gasteiger partial charge in [-0.3, -0.25) is 4.55 Å². The normalized spacial score (nSPS) is 12.0. The second kappa shape index (κ2) is 26.6. The molecule has 2 rings (SSSR count). The highest BCUT2D eigenvalue weighted by molar-refractivity contribution is 7.86. The van der Waals surface area contributed by atoms with Crippen molar-refractivity contribution in [3.05, 3.63) is 41.5 Å². The summed E-state index contributed by atoms with van der Waals surface area (Å²) in [4.78, 5) is 0.0509. The van der Waals surface area contributed by atoms with Gasteiger partial charge in [0.05, 0.1) is 0 Å². The molecular formula is C42H72O3S. The van der Waals surface area contributed by atoms with E-state index in [4.69, 9.17) is 0 Å². The second-order valence-electron chi connectivity index (χ2n) is 14.3. The molecule has 0 bridgehead atoms. The van der Waals surface area contributed by atoms with Crippen molar-refractivity contribution in [2.45, 2.75) is 211 Å². The number of fused-ring (bicyclic) bond motifs is 1. The van der Waals surface area contributed by atoms with Crippen molar-refractivity contribution in [2.24, 2.45) is 0 Å². The van der Waals surface area contributed by atoms with Crippen LogP contribution in [0.3, 0.4) is 0 Å². The van der Waals surface area contributed by atoms with E-state index in [2.05, 4.69) is 26.0 Å². The van der Waals surface area contributed by atoms with Crippen molar-refractivity contribution >= 4 is 20.9 Å². The summed E-state index contributed by atoms with van der Waals surface area (Å²) in [6.07, 6.45) is 39.6. The molecule has 0 amide bonds. The van der Waals surface area contributed by atoms with E-state index >= 15 is 0 Å². The molecule has 0 aliphatic carbocycles. The smallest absolute Gasteiger partial charge is 0.282 e. The lowest BCUT2D eigenvalue weighted by molar-refractivity contribution is 0.484. The third-order valence-corrected chi connectivity index (χ3v) is 10.9. The fourth-order valence-corrected chi connectivity index (χ4v) is 7.75. The quantitative estimate of drug-likeness (QED) is 0.0649. The zero-order valence-corrected chi connectivity index (χ0v) is 31.1. The van der Waals surface area contributed by atoms with Crippen molar-refractivity contribution in [2.75, 3.05) is 0 Å². The Morgan fingerprint density at radius 1 is 0.435 bits per heavy atom. The molecule has 0 aliphatic rings. The number of unbranched alkanes of at least 4 members (excludes halogenated alkanes) is 26. The SMILES string of the molecule is CCCCCCCCCCCCCCCCc1ccc2c(CCCCCCCCCCCCCCCC)ccc(S(=O)(=O)O)c2c1. The highest BCUT2D eigenvalue weighted by Gasteiger charge is 2.16. The molecule has 264 valence electrons. The van der Waals surface area contributed by atoms with E-state index in [1.807, 2.05) is 12.1 Å². The molecule has 46 heavy (non-hydrogen) atoms. The first-order chi connectivity index (χ1) is 22.5. The minimum atomic E-state index is -4.26. The number of hydrogen-bond donors (Lipinski definition) is 1. The van der Waals surface area contributed by atoms with Crippen LogP contribution < -0.4 is 0 Å². The maximum absolute atomic E-state index is 12.2. The molecule has 0 saturated heterocycles. The molecule has 0 fully saturated rings. The molecule has 0 aliphatic heterocycles. The first-order valence-corrected chi connectivity index (χ1v) is 21.4. The van der Waals surface area contributed by atoms with Crippen molar-refractivity contribution in [3.8, 4) is 0 Å². The van der Waals surface area contributed by atoms with Gasteiger partial charge in [0.1, 0.15) is 4.90 Å². The lowest BCUT2D eigenvalue weighted by atomic mass is 9.96. The fraction of sp³-hybridized carbons (Fsp3) is 0.762. The Bertz CT molecular complexity index is 1120. The highest BCUT2D eigenvalue weighted by Crippen LogP contribution is 2.29. The summed E-state index contributed by atoms with van der Waals surface area (Å²) in [7, 11) is -4.26. The van der Waals surface area contributed by atoms with Crippen LogP contribution in [0, 0.1) is 0 Å². The minimum absolute atomic E-state index is 0.0509. The number of benzene rings is 2. The molecule has 4 heteroatoms. The Morgan fingerprint density at radius 3 is 1.20 bits per heavy atom. The minimum Gasteiger partial charge on any atom is -0.282 e. The van der Waals surface area contributed by atoms with Crippen LogP contribution in [-0.2, 0) is 23.0 Å². The topological polar surface area (TPSA) is 54.4 Å². The molecule has 0 aromatic heterocycles. The van der Waals surface area contributed by atoms with E-state index in [1.165, 1.54) is 178 Å². The van der Waals surface area contributed by atoms with Gasteiger partial charge in [-0.15, -0.1) is 0 Å². The first-order valence-electron chi connectivity index (χ1n) is 20.0. The Morgan fingerprint density at radius 2 is 0.804 bits per heavy atom. The number of hydrogen-bond acceptors (Lipinski definition) is 2. The Hall–Kier alpha value is -1.39. The molecule has 0 radical (unpaired) electrons. The van der Waals surface area contributed by atoms with Crippen molar-refractivity contribution in [1.29, 1.82) is 0 Å². The fourth-order valence-electron chi connectivity index (χ4n) is 7.06. The Kier molecular flexibility index (Phi) is 23.5. The summed E-state index contributed by atoms with van der Waals surface area (Å²) in [5, 5.41) is 1.67. The van der Waals surface area contributed by atoms with Gasteiger partial charge in [-0.05, 0) is 54.3 Å². The van der Waals surface area contributed by atoms with Gasteiger partial charge in [0.15, 0.2) is 0 Å². The number of aryl methyl sites for hydroxylation is 2. The molecule has 2 aromatic carbocycles. The molecular weight excluding hydrogens is 585 g/mol. The maximum Gasteiger partial charge on any atom is 0.295 e. The third-order valence-electron chi connectivity index (χ3n) is 10.0. The van der Waals surface area contributed by atoms with Crippen LogP contribution in [0.1, 0.15) is 205 Å². The summed E-state index contributed by atoms with van der Waals surface area (Å²) < 4.78 is 34.4. The summed E-state index contributed by atoms with van der Waals surface area (Å²) in [6.45, 7) is 4.56. The largest absolute Gasteiger partial charge is 0.295 e. The predicted octanol–water partition coefficient (Wildman–Crippen LogP) is 14.1. The molecule has 1 N–H and O–H groups in total. The number of rotatable bonds is 31. The van der Waals surface area contributed by atoms with Gasteiger partial charge in [0.2, 0.25) is 0 Å². The van der Waals surface area contributed by atoms with Gasteiger partial charge in [0.25, 0.3) is 10.1 Å².